The third-order valence-corrected chi connectivity index (χ3v) is 4.23. The Morgan fingerprint density at radius 2 is 2.26 bits per heavy atom. The third-order valence-electron chi connectivity index (χ3n) is 4.23. The van der Waals surface area contributed by atoms with E-state index in [1.165, 1.54) is 31.5 Å². The van der Waals surface area contributed by atoms with Crippen LogP contribution in [0.4, 0.5) is 0 Å². The van der Waals surface area contributed by atoms with Crippen molar-refractivity contribution in [3.05, 3.63) is 17.5 Å². The average Bonchev–Trinajstić information content (AvgIpc) is 2.69. The van der Waals surface area contributed by atoms with Crippen molar-refractivity contribution >= 4 is 0 Å². The zero-order chi connectivity index (χ0) is 13.8. The van der Waals surface area contributed by atoms with Gasteiger partial charge in [0.05, 0.1) is 11.4 Å². The van der Waals surface area contributed by atoms with Crippen LogP contribution in [0.3, 0.4) is 0 Å². The molecule has 2 rings (SSSR count). The lowest BCUT2D eigenvalue weighted by molar-refractivity contribution is 0.109. The topological polar surface area (TPSA) is 33.1 Å². The van der Waals surface area contributed by atoms with Crippen LogP contribution in [-0.4, -0.2) is 39.9 Å². The maximum Gasteiger partial charge on any atom is 0.0597 e. The molecule has 1 aliphatic heterocycles. The SMILES string of the molecule is CCNC(C)C1CCCCN1Cc1cc(C)nn1C. The molecule has 2 unspecified atom stereocenters. The third kappa shape index (κ3) is 3.57. The highest BCUT2D eigenvalue weighted by atomic mass is 15.3. The van der Waals surface area contributed by atoms with E-state index in [0.29, 0.717) is 12.1 Å². The van der Waals surface area contributed by atoms with Crippen LogP contribution in [0, 0.1) is 6.92 Å². The Morgan fingerprint density at radius 3 is 2.89 bits per heavy atom. The van der Waals surface area contributed by atoms with E-state index in [9.17, 15) is 0 Å². The van der Waals surface area contributed by atoms with Gasteiger partial charge in [-0.15, -0.1) is 0 Å². The maximum absolute atomic E-state index is 4.46. The van der Waals surface area contributed by atoms with Gasteiger partial charge < -0.3 is 5.32 Å². The van der Waals surface area contributed by atoms with Crippen LogP contribution in [0.2, 0.25) is 0 Å². The highest BCUT2D eigenvalue weighted by Gasteiger charge is 2.27. The minimum Gasteiger partial charge on any atom is -0.313 e. The first kappa shape index (κ1) is 14.5. The molecule has 19 heavy (non-hydrogen) atoms. The molecule has 2 atom stereocenters. The van der Waals surface area contributed by atoms with Gasteiger partial charge in [0.2, 0.25) is 0 Å². The Hall–Kier alpha value is -0.870. The van der Waals surface area contributed by atoms with Crippen molar-refractivity contribution in [1.29, 1.82) is 0 Å². The number of aromatic nitrogens is 2. The van der Waals surface area contributed by atoms with E-state index >= 15 is 0 Å². The van der Waals surface area contributed by atoms with Crippen molar-refractivity contribution in [3.63, 3.8) is 0 Å². The molecule has 0 bridgehead atoms. The van der Waals surface area contributed by atoms with Gasteiger partial charge in [0, 0.05) is 25.7 Å². The van der Waals surface area contributed by atoms with Gasteiger partial charge in [-0.2, -0.15) is 5.10 Å². The number of aryl methyl sites for hydroxylation is 2. The molecule has 0 amide bonds. The second-order valence-electron chi connectivity index (χ2n) is 5.78. The fourth-order valence-electron chi connectivity index (χ4n) is 3.26. The van der Waals surface area contributed by atoms with Gasteiger partial charge >= 0.3 is 0 Å². The molecule has 0 spiro atoms. The molecular weight excluding hydrogens is 236 g/mol. The van der Waals surface area contributed by atoms with E-state index in [-0.39, 0.29) is 0 Å². The van der Waals surface area contributed by atoms with Crippen LogP contribution in [0.15, 0.2) is 6.07 Å². The number of hydrogen-bond donors (Lipinski definition) is 1. The van der Waals surface area contributed by atoms with E-state index in [1.54, 1.807) is 0 Å². The number of piperidine rings is 1. The second kappa shape index (κ2) is 6.53. The summed E-state index contributed by atoms with van der Waals surface area (Å²) in [5.74, 6) is 0. The minimum atomic E-state index is 0.569. The number of nitrogens with one attached hydrogen (secondary N) is 1. The minimum absolute atomic E-state index is 0.569. The highest BCUT2D eigenvalue weighted by Crippen LogP contribution is 2.22. The smallest absolute Gasteiger partial charge is 0.0597 e. The zero-order valence-corrected chi connectivity index (χ0v) is 12.8. The fourth-order valence-corrected chi connectivity index (χ4v) is 3.26. The molecule has 0 aromatic carbocycles. The summed E-state index contributed by atoms with van der Waals surface area (Å²) in [6, 6.07) is 3.44. The van der Waals surface area contributed by atoms with Gasteiger partial charge in [0.15, 0.2) is 0 Å². The molecule has 1 fully saturated rings. The van der Waals surface area contributed by atoms with Crippen LogP contribution >= 0.6 is 0 Å². The molecule has 2 heterocycles. The lowest BCUT2D eigenvalue weighted by Gasteiger charge is -2.39. The van der Waals surface area contributed by atoms with Crippen molar-refractivity contribution in [1.82, 2.24) is 20.0 Å². The summed E-state index contributed by atoms with van der Waals surface area (Å²) in [5, 5.41) is 8.04. The molecule has 1 saturated heterocycles. The molecule has 4 nitrogen and oxygen atoms in total. The summed E-state index contributed by atoms with van der Waals surface area (Å²) >= 11 is 0. The van der Waals surface area contributed by atoms with E-state index in [0.717, 1.165) is 18.8 Å². The molecule has 1 aromatic heterocycles. The van der Waals surface area contributed by atoms with E-state index in [1.807, 2.05) is 4.68 Å². The maximum atomic E-state index is 4.46. The summed E-state index contributed by atoms with van der Waals surface area (Å²) in [6.45, 7) is 9.87. The molecule has 4 heteroatoms. The van der Waals surface area contributed by atoms with Gasteiger partial charge in [-0.05, 0) is 45.8 Å². The number of hydrogen-bond acceptors (Lipinski definition) is 3. The Balaban J connectivity index is 2.05. The Bertz CT molecular complexity index is 399. The van der Waals surface area contributed by atoms with Gasteiger partial charge in [0.1, 0.15) is 0 Å². The number of likely N-dealkylation sites (tertiary alicyclic amines) is 1. The normalized spacial score (nSPS) is 22.6. The molecule has 0 radical (unpaired) electrons. The second-order valence-corrected chi connectivity index (χ2v) is 5.78. The first-order chi connectivity index (χ1) is 9.11. The fraction of sp³-hybridized carbons (Fsp3) is 0.800. The molecule has 0 saturated carbocycles. The lowest BCUT2D eigenvalue weighted by atomic mass is 9.96. The number of rotatable bonds is 5. The highest BCUT2D eigenvalue weighted by molar-refractivity contribution is 5.09. The summed E-state index contributed by atoms with van der Waals surface area (Å²) in [4.78, 5) is 2.63. The molecular formula is C15H28N4. The van der Waals surface area contributed by atoms with Crippen molar-refractivity contribution in [2.75, 3.05) is 13.1 Å². The number of likely N-dealkylation sites (N-methyl/N-ethyl adjacent to an activating group) is 1. The van der Waals surface area contributed by atoms with E-state index in [4.69, 9.17) is 0 Å². The monoisotopic (exact) mass is 264 g/mol. The predicted octanol–water partition coefficient (Wildman–Crippen LogP) is 2.08. The van der Waals surface area contributed by atoms with Gasteiger partial charge in [-0.25, -0.2) is 0 Å². The van der Waals surface area contributed by atoms with Crippen molar-refractivity contribution in [3.8, 4) is 0 Å². The van der Waals surface area contributed by atoms with Crippen LogP contribution in [0.5, 0.6) is 0 Å². The van der Waals surface area contributed by atoms with E-state index < -0.39 is 0 Å². The van der Waals surface area contributed by atoms with Gasteiger partial charge in [-0.1, -0.05) is 13.3 Å². The summed E-state index contributed by atoms with van der Waals surface area (Å²) < 4.78 is 2.03. The van der Waals surface area contributed by atoms with Crippen LogP contribution in [0.1, 0.15) is 44.5 Å². The molecule has 0 aliphatic carbocycles. The molecule has 108 valence electrons. The number of nitrogens with zero attached hydrogens (tertiary/aromatic N) is 3. The zero-order valence-electron chi connectivity index (χ0n) is 12.8. The Labute approximate surface area is 117 Å². The average molecular weight is 264 g/mol. The largest absolute Gasteiger partial charge is 0.313 e. The summed E-state index contributed by atoms with van der Waals surface area (Å²) in [7, 11) is 2.05. The predicted molar refractivity (Wildman–Crippen MR) is 79.1 cm³/mol. The van der Waals surface area contributed by atoms with Crippen molar-refractivity contribution in [2.45, 2.75) is 58.7 Å². The Kier molecular flexibility index (Phi) is 4.99. The quantitative estimate of drug-likeness (QED) is 0.884. The summed E-state index contributed by atoms with van der Waals surface area (Å²) in [6.07, 6.45) is 4.00. The van der Waals surface area contributed by atoms with Crippen LogP contribution in [-0.2, 0) is 13.6 Å². The van der Waals surface area contributed by atoms with Crippen LogP contribution in [0.25, 0.3) is 0 Å². The lowest BCUT2D eigenvalue weighted by Crippen LogP contribution is -2.50. The van der Waals surface area contributed by atoms with Gasteiger partial charge in [0.25, 0.3) is 0 Å². The van der Waals surface area contributed by atoms with Crippen molar-refractivity contribution < 1.29 is 0 Å². The Morgan fingerprint density at radius 1 is 1.47 bits per heavy atom. The molecule has 1 aromatic rings. The van der Waals surface area contributed by atoms with Crippen LogP contribution < -0.4 is 5.32 Å². The van der Waals surface area contributed by atoms with Crippen molar-refractivity contribution in [2.24, 2.45) is 7.05 Å². The summed E-state index contributed by atoms with van der Waals surface area (Å²) in [5.41, 5.74) is 2.44. The molecule has 1 aliphatic rings. The first-order valence-electron chi connectivity index (χ1n) is 7.58. The van der Waals surface area contributed by atoms with E-state index in [2.05, 4.69) is 49.2 Å². The molecule has 1 N–H and O–H groups in total. The standard InChI is InChI=1S/C15H28N4/c1-5-16-13(3)15-8-6-7-9-19(15)11-14-10-12(2)17-18(14)4/h10,13,15-16H,5-9,11H2,1-4H3. The first-order valence-corrected chi connectivity index (χ1v) is 7.58. The van der Waals surface area contributed by atoms with Gasteiger partial charge in [-0.3, -0.25) is 9.58 Å².